The predicted octanol–water partition coefficient (Wildman–Crippen LogP) is 2.97. The van der Waals surface area contributed by atoms with Gasteiger partial charge in [0.05, 0.1) is 6.20 Å². The normalized spacial score (nSPS) is 7.60. The first-order valence-corrected chi connectivity index (χ1v) is 3.08. The van der Waals surface area contributed by atoms with Crippen LogP contribution >= 0.6 is 0 Å². The second kappa shape index (κ2) is 8.21. The lowest BCUT2D eigenvalue weighted by Gasteiger charge is -1.79. The largest absolute Gasteiger partial charge is 0.365 e. The van der Waals surface area contributed by atoms with Gasteiger partial charge in [0.1, 0.15) is 6.26 Å². The molecule has 0 unspecified atom stereocenters. The van der Waals surface area contributed by atoms with Crippen molar-refractivity contribution >= 4 is 0 Å². The summed E-state index contributed by atoms with van der Waals surface area (Å²) in [6, 6.07) is 1.72. The van der Waals surface area contributed by atoms with Crippen molar-refractivity contribution in [2.45, 2.75) is 28.2 Å². The second-order valence-electron chi connectivity index (χ2n) is 2.42. The molecule has 1 rings (SSSR count). The van der Waals surface area contributed by atoms with Crippen molar-refractivity contribution in [3.63, 3.8) is 0 Å². The van der Waals surface area contributed by atoms with E-state index in [0.717, 1.165) is 5.92 Å². The maximum atomic E-state index is 4.33. The summed E-state index contributed by atoms with van der Waals surface area (Å²) in [4.78, 5) is 0. The van der Waals surface area contributed by atoms with Crippen molar-refractivity contribution in [3.05, 3.63) is 18.5 Å². The zero-order chi connectivity index (χ0) is 7.11. The van der Waals surface area contributed by atoms with Crippen LogP contribution in [0.3, 0.4) is 0 Å². The molecule has 2 nitrogen and oxygen atoms in total. The Balaban J connectivity index is 0. The Hall–Kier alpha value is -0.790. The van der Waals surface area contributed by atoms with E-state index in [9.17, 15) is 0 Å². The molecule has 10 heavy (non-hydrogen) atoms. The molecular formula is C8H17NO. The average molecular weight is 143 g/mol. The zero-order valence-electron chi connectivity index (χ0n) is 6.16. The lowest BCUT2D eigenvalue weighted by molar-refractivity contribution is 0.420. The maximum absolute atomic E-state index is 4.33. The van der Waals surface area contributed by atoms with Crippen LogP contribution in [0.1, 0.15) is 28.2 Å². The highest BCUT2D eigenvalue weighted by Gasteiger charge is 1.68. The molecule has 0 saturated carbocycles. The molecule has 0 aliphatic carbocycles. The van der Waals surface area contributed by atoms with Crippen molar-refractivity contribution in [2.24, 2.45) is 5.92 Å². The quantitative estimate of drug-likeness (QED) is 0.558. The number of rotatable bonds is 0. The van der Waals surface area contributed by atoms with E-state index in [1.807, 2.05) is 0 Å². The van der Waals surface area contributed by atoms with Gasteiger partial charge in [-0.15, -0.1) is 0 Å². The van der Waals surface area contributed by atoms with Gasteiger partial charge in [0, 0.05) is 0 Å². The van der Waals surface area contributed by atoms with Crippen LogP contribution < -0.4 is 0 Å². The van der Waals surface area contributed by atoms with Crippen molar-refractivity contribution in [1.29, 1.82) is 0 Å². The lowest BCUT2D eigenvalue weighted by atomic mass is 10.3. The van der Waals surface area contributed by atoms with Crippen molar-refractivity contribution in [1.82, 2.24) is 5.16 Å². The van der Waals surface area contributed by atoms with Gasteiger partial charge in [-0.3, -0.25) is 0 Å². The van der Waals surface area contributed by atoms with Gasteiger partial charge in [0.2, 0.25) is 0 Å². The minimum Gasteiger partial charge on any atom is -0.365 e. The number of aromatic nitrogens is 1. The van der Waals surface area contributed by atoms with E-state index < -0.39 is 0 Å². The van der Waals surface area contributed by atoms with Crippen LogP contribution in [-0.4, -0.2) is 5.16 Å². The third kappa shape index (κ3) is 15.7. The molecule has 0 amide bonds. The summed E-state index contributed by atoms with van der Waals surface area (Å²) in [5.74, 6) is 0.833. The van der Waals surface area contributed by atoms with Gasteiger partial charge in [-0.2, -0.15) is 0 Å². The Morgan fingerprint density at radius 3 is 1.90 bits per heavy atom. The molecule has 0 aliphatic heterocycles. The smallest absolute Gasteiger partial charge is 0.123 e. The standard InChI is InChI=1S/C4H10.C3H3NO.CH4/c1-4(2)3;1-2-4-5-3-1;/h4H,1-3H3;1-3H;1H4. The summed E-state index contributed by atoms with van der Waals surface area (Å²) in [5, 5.41) is 3.35. The van der Waals surface area contributed by atoms with Gasteiger partial charge >= 0.3 is 0 Å². The average Bonchev–Trinajstić information content (AvgIpc) is 2.11. The molecule has 60 valence electrons. The monoisotopic (exact) mass is 143 g/mol. The minimum atomic E-state index is 0. The fraction of sp³-hybridized carbons (Fsp3) is 0.625. The molecule has 1 heterocycles. The first-order valence-electron chi connectivity index (χ1n) is 3.08. The summed E-state index contributed by atoms with van der Waals surface area (Å²) in [5.41, 5.74) is 0. The molecule has 0 aliphatic rings. The molecule has 0 radical (unpaired) electrons. The highest BCUT2D eigenvalue weighted by Crippen LogP contribution is 1.81. The Labute approximate surface area is 63.2 Å². The summed E-state index contributed by atoms with van der Waals surface area (Å²) < 4.78 is 4.33. The topological polar surface area (TPSA) is 26.0 Å². The molecule has 0 atom stereocenters. The number of hydrogen-bond donors (Lipinski definition) is 0. The van der Waals surface area contributed by atoms with E-state index in [1.165, 1.54) is 6.26 Å². The van der Waals surface area contributed by atoms with Crippen LogP contribution in [0.2, 0.25) is 0 Å². The predicted molar refractivity (Wildman–Crippen MR) is 43.7 cm³/mol. The lowest BCUT2D eigenvalue weighted by Crippen LogP contribution is -1.66. The summed E-state index contributed by atoms with van der Waals surface area (Å²) in [6.07, 6.45) is 3.10. The van der Waals surface area contributed by atoms with Gasteiger partial charge in [-0.25, -0.2) is 0 Å². The molecule has 0 saturated heterocycles. The first-order chi connectivity index (χ1) is 4.23. The third-order valence-corrected chi connectivity index (χ3v) is 0.347. The zero-order valence-corrected chi connectivity index (χ0v) is 6.16. The van der Waals surface area contributed by atoms with Gasteiger partial charge in [-0.05, 0) is 12.0 Å². The third-order valence-electron chi connectivity index (χ3n) is 0.347. The number of nitrogens with zero attached hydrogens (tertiary/aromatic N) is 1. The van der Waals surface area contributed by atoms with E-state index in [1.54, 1.807) is 12.3 Å². The Morgan fingerprint density at radius 1 is 1.30 bits per heavy atom. The fourth-order valence-electron chi connectivity index (χ4n) is 0.176. The minimum absolute atomic E-state index is 0. The first kappa shape index (κ1) is 11.9. The van der Waals surface area contributed by atoms with Crippen molar-refractivity contribution < 1.29 is 4.52 Å². The van der Waals surface area contributed by atoms with Gasteiger partial charge in [-0.1, -0.05) is 33.4 Å². The van der Waals surface area contributed by atoms with Crippen LogP contribution in [0.4, 0.5) is 0 Å². The van der Waals surface area contributed by atoms with Crippen LogP contribution in [0.25, 0.3) is 0 Å². The summed E-state index contributed by atoms with van der Waals surface area (Å²) in [7, 11) is 0. The van der Waals surface area contributed by atoms with Crippen LogP contribution in [0.15, 0.2) is 23.0 Å². The van der Waals surface area contributed by atoms with Gasteiger partial charge in [0.15, 0.2) is 0 Å². The number of hydrogen-bond acceptors (Lipinski definition) is 2. The summed E-state index contributed by atoms with van der Waals surface area (Å²) in [6.45, 7) is 6.50. The molecule has 0 spiro atoms. The van der Waals surface area contributed by atoms with Crippen LogP contribution in [0, 0.1) is 5.92 Å². The molecule has 2 heteroatoms. The van der Waals surface area contributed by atoms with E-state index in [0.29, 0.717) is 0 Å². The highest BCUT2D eigenvalue weighted by atomic mass is 16.5. The van der Waals surface area contributed by atoms with Gasteiger partial charge in [0.25, 0.3) is 0 Å². The molecule has 1 aromatic rings. The highest BCUT2D eigenvalue weighted by molar-refractivity contribution is 4.67. The SMILES string of the molecule is C.CC(C)C.c1cnoc1. The molecule has 0 bridgehead atoms. The van der Waals surface area contributed by atoms with Crippen molar-refractivity contribution in [2.75, 3.05) is 0 Å². The van der Waals surface area contributed by atoms with Crippen LogP contribution in [0.5, 0.6) is 0 Å². The Bertz CT molecular complexity index is 92.8. The molecule has 0 aromatic carbocycles. The van der Waals surface area contributed by atoms with E-state index in [-0.39, 0.29) is 7.43 Å². The fourth-order valence-corrected chi connectivity index (χ4v) is 0.176. The van der Waals surface area contributed by atoms with Crippen molar-refractivity contribution in [3.8, 4) is 0 Å². The summed E-state index contributed by atoms with van der Waals surface area (Å²) >= 11 is 0. The Morgan fingerprint density at radius 2 is 1.80 bits per heavy atom. The second-order valence-corrected chi connectivity index (χ2v) is 2.42. The Kier molecular flexibility index (Phi) is 9.80. The molecular weight excluding hydrogens is 126 g/mol. The van der Waals surface area contributed by atoms with Crippen LogP contribution in [-0.2, 0) is 0 Å². The van der Waals surface area contributed by atoms with E-state index >= 15 is 0 Å². The molecule has 1 aromatic heterocycles. The molecule has 0 fully saturated rings. The van der Waals surface area contributed by atoms with E-state index in [4.69, 9.17) is 0 Å². The van der Waals surface area contributed by atoms with E-state index in [2.05, 4.69) is 30.5 Å². The molecule has 0 N–H and O–H groups in total. The maximum Gasteiger partial charge on any atom is 0.123 e. The van der Waals surface area contributed by atoms with Gasteiger partial charge < -0.3 is 4.52 Å².